The van der Waals surface area contributed by atoms with Crippen LogP contribution in [0, 0.1) is 5.92 Å². The van der Waals surface area contributed by atoms with Crippen molar-refractivity contribution in [1.29, 1.82) is 0 Å². The summed E-state index contributed by atoms with van der Waals surface area (Å²) in [4.78, 5) is 11.1. The summed E-state index contributed by atoms with van der Waals surface area (Å²) in [6.45, 7) is 4.55. The third-order valence-electron chi connectivity index (χ3n) is 5.48. The van der Waals surface area contributed by atoms with Gasteiger partial charge in [-0.05, 0) is 12.8 Å². The minimum atomic E-state index is 0.217. The summed E-state index contributed by atoms with van der Waals surface area (Å²) in [5.41, 5.74) is 0. The second-order valence-electron chi connectivity index (χ2n) is 8.05. The maximum absolute atomic E-state index is 11.1. The number of hydrogen-bond donors (Lipinski definition) is 0. The molecule has 0 rings (SSSR count). The fourth-order valence-corrected chi connectivity index (χ4v) is 3.66. The fraction of sp³-hybridized carbons (Fsp3) is 0.958. The van der Waals surface area contributed by atoms with E-state index in [4.69, 9.17) is 0 Å². The van der Waals surface area contributed by atoms with Crippen molar-refractivity contribution in [3.63, 3.8) is 0 Å². The van der Waals surface area contributed by atoms with E-state index in [0.717, 1.165) is 12.8 Å². The Hall–Kier alpha value is -0.330. The van der Waals surface area contributed by atoms with Gasteiger partial charge >= 0.3 is 0 Å². The molecule has 1 nitrogen and oxygen atoms in total. The second kappa shape index (κ2) is 21.7. The Labute approximate surface area is 159 Å². The molecule has 0 aliphatic heterocycles. The zero-order valence-electron chi connectivity index (χ0n) is 17.6. The standard InChI is InChI=1S/C24H47O/c1-3-5-7-9-11-13-14-16-18-20-22-24(23-25)21-19-17-15-12-10-8-6-4-2/h24H,3-22H2,1-2H3. The molecule has 0 aliphatic rings. The zero-order valence-corrected chi connectivity index (χ0v) is 17.6. The van der Waals surface area contributed by atoms with Gasteiger partial charge in [0.05, 0.1) is 0 Å². The number of carbonyl (C=O) groups excluding carboxylic acids is 1. The summed E-state index contributed by atoms with van der Waals surface area (Å²) < 4.78 is 0. The largest absolute Gasteiger partial charge is 0.291 e. The van der Waals surface area contributed by atoms with E-state index in [1.807, 2.05) is 0 Å². The van der Waals surface area contributed by atoms with Crippen molar-refractivity contribution in [3.05, 3.63) is 0 Å². The molecule has 0 fully saturated rings. The summed E-state index contributed by atoms with van der Waals surface area (Å²) in [5.74, 6) is 0.217. The molecular formula is C24H47O. The molecule has 0 saturated heterocycles. The molecular weight excluding hydrogens is 304 g/mol. The van der Waals surface area contributed by atoms with Crippen LogP contribution >= 0.6 is 0 Å². The summed E-state index contributed by atoms with van der Waals surface area (Å²) in [7, 11) is 0. The average molecular weight is 352 g/mol. The Morgan fingerprint density at radius 2 is 0.760 bits per heavy atom. The van der Waals surface area contributed by atoms with Gasteiger partial charge in [-0.1, -0.05) is 129 Å². The molecule has 1 unspecified atom stereocenters. The molecule has 0 spiro atoms. The maximum atomic E-state index is 11.1. The summed E-state index contributed by atoms with van der Waals surface area (Å²) in [6.07, 6.45) is 29.0. The molecule has 0 aromatic rings. The summed E-state index contributed by atoms with van der Waals surface area (Å²) >= 11 is 0. The monoisotopic (exact) mass is 351 g/mol. The van der Waals surface area contributed by atoms with Gasteiger partial charge in [0, 0.05) is 5.92 Å². The van der Waals surface area contributed by atoms with Crippen molar-refractivity contribution < 1.29 is 4.79 Å². The number of rotatable bonds is 21. The molecule has 1 heteroatoms. The van der Waals surface area contributed by atoms with Crippen LogP contribution in [0.15, 0.2) is 0 Å². The normalized spacial score (nSPS) is 12.4. The Balaban J connectivity index is 3.29. The lowest BCUT2D eigenvalue weighted by Gasteiger charge is -2.09. The first-order chi connectivity index (χ1) is 12.3. The van der Waals surface area contributed by atoms with Gasteiger partial charge in [-0.2, -0.15) is 0 Å². The highest BCUT2D eigenvalue weighted by molar-refractivity contribution is 5.54. The maximum Gasteiger partial charge on any atom is 0.201 e. The highest BCUT2D eigenvalue weighted by atomic mass is 16.1. The Morgan fingerprint density at radius 3 is 1.04 bits per heavy atom. The predicted molar refractivity (Wildman–Crippen MR) is 113 cm³/mol. The fourth-order valence-electron chi connectivity index (χ4n) is 3.66. The van der Waals surface area contributed by atoms with Crippen LogP contribution in [-0.4, -0.2) is 6.29 Å². The molecule has 1 radical (unpaired) electrons. The van der Waals surface area contributed by atoms with Gasteiger partial charge < -0.3 is 0 Å². The van der Waals surface area contributed by atoms with Gasteiger partial charge in [0.25, 0.3) is 0 Å². The second-order valence-corrected chi connectivity index (χ2v) is 8.05. The molecule has 0 N–H and O–H groups in total. The summed E-state index contributed by atoms with van der Waals surface area (Å²) in [5, 5.41) is 0. The molecule has 25 heavy (non-hydrogen) atoms. The average Bonchev–Trinajstić information content (AvgIpc) is 2.63. The molecule has 0 aromatic carbocycles. The Bertz CT molecular complexity index is 248. The molecule has 0 aliphatic carbocycles. The molecule has 149 valence electrons. The van der Waals surface area contributed by atoms with E-state index >= 15 is 0 Å². The van der Waals surface area contributed by atoms with Crippen LogP contribution in [0.25, 0.3) is 0 Å². The van der Waals surface area contributed by atoms with Crippen molar-refractivity contribution in [2.45, 2.75) is 142 Å². The predicted octanol–water partition coefficient (Wildman–Crippen LogP) is 8.55. The molecule has 0 amide bonds. The van der Waals surface area contributed by atoms with Gasteiger partial charge in [-0.15, -0.1) is 0 Å². The highest BCUT2D eigenvalue weighted by Crippen LogP contribution is 2.18. The van der Waals surface area contributed by atoms with Crippen LogP contribution in [0.5, 0.6) is 0 Å². The lowest BCUT2D eigenvalue weighted by Crippen LogP contribution is -2.02. The minimum Gasteiger partial charge on any atom is -0.291 e. The van der Waals surface area contributed by atoms with E-state index in [9.17, 15) is 4.79 Å². The van der Waals surface area contributed by atoms with Gasteiger partial charge in [0.2, 0.25) is 6.29 Å². The smallest absolute Gasteiger partial charge is 0.201 e. The van der Waals surface area contributed by atoms with E-state index < -0.39 is 0 Å². The molecule has 0 aromatic heterocycles. The van der Waals surface area contributed by atoms with Crippen molar-refractivity contribution in [1.82, 2.24) is 0 Å². The number of hydrogen-bond acceptors (Lipinski definition) is 1. The van der Waals surface area contributed by atoms with E-state index in [2.05, 4.69) is 20.1 Å². The van der Waals surface area contributed by atoms with Crippen LogP contribution in [0.4, 0.5) is 0 Å². The van der Waals surface area contributed by atoms with Crippen molar-refractivity contribution in [2.75, 3.05) is 0 Å². The first kappa shape index (κ1) is 24.7. The molecule has 0 saturated carbocycles. The summed E-state index contributed by atoms with van der Waals surface area (Å²) in [6, 6.07) is 0. The minimum absolute atomic E-state index is 0.217. The van der Waals surface area contributed by atoms with Crippen LogP contribution in [-0.2, 0) is 4.79 Å². The molecule has 0 heterocycles. The van der Waals surface area contributed by atoms with Crippen LogP contribution in [0.2, 0.25) is 0 Å². The van der Waals surface area contributed by atoms with Gasteiger partial charge in [0.1, 0.15) is 0 Å². The van der Waals surface area contributed by atoms with Crippen molar-refractivity contribution >= 4 is 6.29 Å². The topological polar surface area (TPSA) is 17.1 Å². The lowest BCUT2D eigenvalue weighted by atomic mass is 9.95. The van der Waals surface area contributed by atoms with E-state index in [0.29, 0.717) is 0 Å². The SMILES string of the molecule is CCCCCCCCCCCCC([C]=O)CCCCCCCCCC. The van der Waals surface area contributed by atoms with Crippen LogP contribution in [0.3, 0.4) is 0 Å². The van der Waals surface area contributed by atoms with Crippen LogP contribution in [0.1, 0.15) is 142 Å². The first-order valence-electron chi connectivity index (χ1n) is 11.7. The zero-order chi connectivity index (χ0) is 18.4. The Morgan fingerprint density at radius 1 is 0.480 bits per heavy atom. The molecule has 1 atom stereocenters. The van der Waals surface area contributed by atoms with Crippen molar-refractivity contribution in [3.8, 4) is 0 Å². The van der Waals surface area contributed by atoms with Gasteiger partial charge in [-0.3, -0.25) is 4.79 Å². The van der Waals surface area contributed by atoms with Crippen LogP contribution < -0.4 is 0 Å². The lowest BCUT2D eigenvalue weighted by molar-refractivity contribution is 0.449. The number of unbranched alkanes of at least 4 members (excludes halogenated alkanes) is 16. The Kier molecular flexibility index (Phi) is 21.4. The van der Waals surface area contributed by atoms with E-state index in [1.165, 1.54) is 116 Å². The molecule has 0 bridgehead atoms. The van der Waals surface area contributed by atoms with Crippen molar-refractivity contribution in [2.24, 2.45) is 5.92 Å². The van der Waals surface area contributed by atoms with Gasteiger partial charge in [0.15, 0.2) is 0 Å². The van der Waals surface area contributed by atoms with Gasteiger partial charge in [-0.25, -0.2) is 0 Å². The third-order valence-corrected chi connectivity index (χ3v) is 5.48. The first-order valence-corrected chi connectivity index (χ1v) is 11.7. The quantitative estimate of drug-likeness (QED) is 0.189. The third kappa shape index (κ3) is 19.8. The highest BCUT2D eigenvalue weighted by Gasteiger charge is 2.07. The van der Waals surface area contributed by atoms with E-state index in [1.54, 1.807) is 0 Å². The van der Waals surface area contributed by atoms with E-state index in [-0.39, 0.29) is 5.92 Å².